The van der Waals surface area contributed by atoms with Crippen molar-refractivity contribution in [3.05, 3.63) is 35.9 Å². The normalized spacial score (nSPS) is 12.4. The molecule has 1 aromatic carbocycles. The summed E-state index contributed by atoms with van der Waals surface area (Å²) in [7, 11) is -1.69. The Hall–Kier alpha value is -0.973. The molecule has 0 saturated carbocycles. The Balaban J connectivity index is 2.14. The van der Waals surface area contributed by atoms with Crippen LogP contribution in [0.15, 0.2) is 30.3 Å². The molecule has 4 heteroatoms. The molecule has 0 atom stereocenters. The van der Waals surface area contributed by atoms with Crippen molar-refractivity contribution in [2.75, 3.05) is 13.2 Å². The molecule has 0 bridgehead atoms. The van der Waals surface area contributed by atoms with Gasteiger partial charge in [0.25, 0.3) is 0 Å². The summed E-state index contributed by atoms with van der Waals surface area (Å²) in [6.45, 7) is 12.5. The zero-order valence-corrected chi connectivity index (χ0v) is 15.6. The van der Waals surface area contributed by atoms with Crippen LogP contribution in [-0.2, 0) is 20.6 Å². The van der Waals surface area contributed by atoms with Crippen LogP contribution < -0.4 is 0 Å². The van der Waals surface area contributed by atoms with Gasteiger partial charge in [0.2, 0.25) is 0 Å². The summed E-state index contributed by atoms with van der Waals surface area (Å²) < 4.78 is 11.5. The van der Waals surface area contributed by atoms with Gasteiger partial charge in [-0.25, -0.2) is 0 Å². The summed E-state index contributed by atoms with van der Waals surface area (Å²) in [5, 5.41) is 0.218. The number of rotatable bonds is 9. The lowest BCUT2D eigenvalue weighted by atomic mass is 10.2. The van der Waals surface area contributed by atoms with Crippen molar-refractivity contribution in [2.24, 2.45) is 0 Å². The predicted molar refractivity (Wildman–Crippen MR) is 93.5 cm³/mol. The van der Waals surface area contributed by atoms with Gasteiger partial charge in [0.05, 0.1) is 6.61 Å². The fraction of sp³-hybridized carbons (Fsp3) is 0.611. The molecule has 3 nitrogen and oxygen atoms in total. The number of hydrogen-bond donors (Lipinski definition) is 0. The third-order valence-corrected chi connectivity index (χ3v) is 8.78. The topological polar surface area (TPSA) is 35.5 Å². The Morgan fingerprint density at radius 3 is 2.36 bits per heavy atom. The van der Waals surface area contributed by atoms with Crippen LogP contribution in [0.1, 0.15) is 39.2 Å². The lowest BCUT2D eigenvalue weighted by Crippen LogP contribution is -2.41. The van der Waals surface area contributed by atoms with Gasteiger partial charge in [-0.1, -0.05) is 51.1 Å². The number of hydrogen-bond acceptors (Lipinski definition) is 3. The van der Waals surface area contributed by atoms with E-state index in [0.29, 0.717) is 19.6 Å². The van der Waals surface area contributed by atoms with E-state index in [2.05, 4.69) is 33.9 Å². The minimum absolute atomic E-state index is 0.148. The van der Waals surface area contributed by atoms with Gasteiger partial charge in [0.15, 0.2) is 14.1 Å². The molecular formula is C18H30O3Si. The van der Waals surface area contributed by atoms with Crippen LogP contribution in [0.5, 0.6) is 0 Å². The summed E-state index contributed by atoms with van der Waals surface area (Å²) in [5.74, 6) is 0.148. The highest BCUT2D eigenvalue weighted by molar-refractivity contribution is 6.74. The molecule has 0 spiro atoms. The van der Waals surface area contributed by atoms with Crippen molar-refractivity contribution in [1.29, 1.82) is 0 Å². The summed E-state index contributed by atoms with van der Waals surface area (Å²) >= 11 is 0. The first kappa shape index (κ1) is 19.1. The maximum Gasteiger partial charge on any atom is 0.191 e. The van der Waals surface area contributed by atoms with E-state index in [9.17, 15) is 4.79 Å². The Bertz CT molecular complexity index is 449. The van der Waals surface area contributed by atoms with Gasteiger partial charge >= 0.3 is 0 Å². The molecule has 22 heavy (non-hydrogen) atoms. The third-order valence-electron chi connectivity index (χ3n) is 4.24. The van der Waals surface area contributed by atoms with Crippen molar-refractivity contribution in [3.63, 3.8) is 0 Å². The minimum Gasteiger partial charge on any atom is -0.417 e. The minimum atomic E-state index is -1.69. The van der Waals surface area contributed by atoms with E-state index in [0.717, 1.165) is 12.0 Å². The number of benzene rings is 1. The lowest BCUT2D eigenvalue weighted by Gasteiger charge is -2.36. The van der Waals surface area contributed by atoms with E-state index >= 15 is 0 Å². The molecule has 0 heterocycles. The third kappa shape index (κ3) is 6.86. The van der Waals surface area contributed by atoms with E-state index in [1.54, 1.807) is 0 Å². The zero-order valence-electron chi connectivity index (χ0n) is 14.6. The van der Waals surface area contributed by atoms with E-state index in [4.69, 9.17) is 9.16 Å². The Kier molecular flexibility index (Phi) is 7.46. The van der Waals surface area contributed by atoms with Crippen molar-refractivity contribution in [2.45, 2.75) is 58.4 Å². The largest absolute Gasteiger partial charge is 0.417 e. The first-order valence-corrected chi connectivity index (χ1v) is 10.9. The fourth-order valence-electron chi connectivity index (χ4n) is 1.74. The molecule has 0 aliphatic carbocycles. The second kappa shape index (κ2) is 8.60. The second-order valence-corrected chi connectivity index (χ2v) is 12.0. The zero-order chi connectivity index (χ0) is 16.6. The number of Topliss-reactive ketones (excluding diaryl/α,β-unsaturated/α-hetero) is 1. The highest BCUT2D eigenvalue weighted by Gasteiger charge is 2.36. The molecule has 0 unspecified atom stereocenters. The maximum absolute atomic E-state index is 11.8. The molecule has 0 amide bonds. The highest BCUT2D eigenvalue weighted by Crippen LogP contribution is 2.36. The quantitative estimate of drug-likeness (QED) is 0.493. The second-order valence-electron chi connectivity index (χ2n) is 7.23. The summed E-state index contributed by atoms with van der Waals surface area (Å²) in [6.07, 6.45) is 1.31. The van der Waals surface area contributed by atoms with Crippen molar-refractivity contribution >= 4 is 14.1 Å². The molecule has 0 aromatic heterocycles. The fourth-order valence-corrected chi connectivity index (χ4v) is 2.83. The predicted octanol–water partition coefficient (Wildman–Crippen LogP) is 4.57. The standard InChI is InChI=1S/C18H30O3Si/c1-18(2,3)22(4,5)21-13-9-12-17(19)15-20-14-16-10-7-6-8-11-16/h6-8,10-11H,9,12-15H2,1-5H3. The Morgan fingerprint density at radius 2 is 1.77 bits per heavy atom. The van der Waals surface area contributed by atoms with Gasteiger partial charge in [-0.05, 0) is 30.1 Å². The van der Waals surface area contributed by atoms with Gasteiger partial charge in [-0.2, -0.15) is 0 Å². The van der Waals surface area contributed by atoms with Gasteiger partial charge in [-0.15, -0.1) is 0 Å². The smallest absolute Gasteiger partial charge is 0.191 e. The number of carbonyl (C=O) groups is 1. The van der Waals surface area contributed by atoms with Gasteiger partial charge in [0, 0.05) is 13.0 Å². The first-order chi connectivity index (χ1) is 10.2. The highest BCUT2D eigenvalue weighted by atomic mass is 28.4. The first-order valence-electron chi connectivity index (χ1n) is 8.00. The van der Waals surface area contributed by atoms with Gasteiger partial charge in [-0.3, -0.25) is 4.79 Å². The van der Waals surface area contributed by atoms with Crippen LogP contribution in [0.25, 0.3) is 0 Å². The monoisotopic (exact) mass is 322 g/mol. The molecule has 124 valence electrons. The molecule has 1 aromatic rings. The van der Waals surface area contributed by atoms with Crippen LogP contribution in [0.4, 0.5) is 0 Å². The molecule has 0 aliphatic rings. The molecule has 0 saturated heterocycles. The lowest BCUT2D eigenvalue weighted by molar-refractivity contribution is -0.124. The van der Waals surface area contributed by atoms with Crippen molar-refractivity contribution < 1.29 is 14.0 Å². The van der Waals surface area contributed by atoms with Gasteiger partial charge < -0.3 is 9.16 Å². The van der Waals surface area contributed by atoms with Crippen LogP contribution in [0, 0.1) is 0 Å². The van der Waals surface area contributed by atoms with Crippen LogP contribution in [0.3, 0.4) is 0 Å². The van der Waals surface area contributed by atoms with E-state index in [-0.39, 0.29) is 17.4 Å². The van der Waals surface area contributed by atoms with Crippen molar-refractivity contribution in [1.82, 2.24) is 0 Å². The van der Waals surface area contributed by atoms with E-state index < -0.39 is 8.32 Å². The van der Waals surface area contributed by atoms with Crippen LogP contribution in [-0.4, -0.2) is 27.3 Å². The number of carbonyl (C=O) groups excluding carboxylic acids is 1. The molecular weight excluding hydrogens is 292 g/mol. The number of ether oxygens (including phenoxy) is 1. The molecule has 0 N–H and O–H groups in total. The summed E-state index contributed by atoms with van der Waals surface area (Å²) in [6, 6.07) is 9.91. The Labute approximate surface area is 136 Å². The average Bonchev–Trinajstić information content (AvgIpc) is 2.43. The molecule has 0 fully saturated rings. The van der Waals surface area contributed by atoms with Crippen LogP contribution in [0.2, 0.25) is 18.1 Å². The number of ketones is 1. The van der Waals surface area contributed by atoms with E-state index in [1.165, 1.54) is 0 Å². The summed E-state index contributed by atoms with van der Waals surface area (Å²) in [4.78, 5) is 11.8. The van der Waals surface area contributed by atoms with E-state index in [1.807, 2.05) is 30.3 Å². The average molecular weight is 323 g/mol. The maximum atomic E-state index is 11.8. The Morgan fingerprint density at radius 1 is 1.14 bits per heavy atom. The molecule has 0 aliphatic heterocycles. The molecule has 1 rings (SSSR count). The summed E-state index contributed by atoms with van der Waals surface area (Å²) in [5.41, 5.74) is 1.09. The molecule has 0 radical (unpaired) electrons. The van der Waals surface area contributed by atoms with Crippen LogP contribution >= 0.6 is 0 Å². The SMILES string of the molecule is CC(C)(C)[Si](C)(C)OCCCC(=O)COCc1ccccc1. The van der Waals surface area contributed by atoms with Gasteiger partial charge in [0.1, 0.15) is 6.61 Å². The van der Waals surface area contributed by atoms with Crippen molar-refractivity contribution in [3.8, 4) is 0 Å².